The van der Waals surface area contributed by atoms with Crippen LogP contribution in [0.25, 0.3) is 0 Å². The second-order valence-corrected chi connectivity index (χ2v) is 8.23. The summed E-state index contributed by atoms with van der Waals surface area (Å²) < 4.78 is 26.1. The molecule has 1 unspecified atom stereocenters. The van der Waals surface area contributed by atoms with Gasteiger partial charge in [0.15, 0.2) is 0 Å². The molecule has 0 aliphatic carbocycles. The molecular weight excluding hydrogens is 296 g/mol. The molecule has 1 heterocycles. The number of nitrogens with zero attached hydrogens (tertiary/aromatic N) is 2. The number of piperazine rings is 1. The fourth-order valence-electron chi connectivity index (χ4n) is 2.96. The van der Waals surface area contributed by atoms with Crippen molar-refractivity contribution in [2.24, 2.45) is 0 Å². The molecular formula is C17H28N2O2S. The predicted octanol–water partition coefficient (Wildman–Crippen LogP) is 2.37. The first-order valence-electron chi connectivity index (χ1n) is 8.28. The van der Waals surface area contributed by atoms with Gasteiger partial charge in [0, 0.05) is 32.2 Å². The fourth-order valence-corrected chi connectivity index (χ4v) is 4.59. The highest BCUT2D eigenvalue weighted by Gasteiger charge is 2.28. The zero-order chi connectivity index (χ0) is 16.0. The van der Waals surface area contributed by atoms with Gasteiger partial charge in [-0.05, 0) is 25.3 Å². The summed E-state index contributed by atoms with van der Waals surface area (Å²) in [4.78, 5) is 2.40. The van der Waals surface area contributed by atoms with Gasteiger partial charge in [0.05, 0.1) is 5.75 Å². The van der Waals surface area contributed by atoms with Crippen molar-refractivity contribution in [1.82, 2.24) is 9.21 Å². The highest BCUT2D eigenvalue weighted by molar-refractivity contribution is 7.89. The van der Waals surface area contributed by atoms with E-state index in [2.05, 4.69) is 36.1 Å². The standard InChI is InChI=1S/C17H28N2O2S/c1-3-4-14-22(20,21)19-12-10-18(11-13-19)16(2)15-17-8-6-5-7-9-17/h5-9,16H,3-4,10-15H2,1-2H3. The Morgan fingerprint density at radius 1 is 1.09 bits per heavy atom. The van der Waals surface area contributed by atoms with Gasteiger partial charge in [0.1, 0.15) is 0 Å². The molecule has 0 spiro atoms. The van der Waals surface area contributed by atoms with Gasteiger partial charge in [-0.2, -0.15) is 4.31 Å². The summed E-state index contributed by atoms with van der Waals surface area (Å²) in [6.45, 7) is 7.18. The Labute approximate surface area is 135 Å². The van der Waals surface area contributed by atoms with Crippen LogP contribution >= 0.6 is 0 Å². The van der Waals surface area contributed by atoms with E-state index in [0.29, 0.717) is 24.9 Å². The Kier molecular flexibility index (Phi) is 6.41. The fraction of sp³-hybridized carbons (Fsp3) is 0.647. The molecule has 22 heavy (non-hydrogen) atoms. The summed E-state index contributed by atoms with van der Waals surface area (Å²) in [7, 11) is -3.05. The summed E-state index contributed by atoms with van der Waals surface area (Å²) in [6.07, 6.45) is 2.70. The third-order valence-electron chi connectivity index (χ3n) is 4.42. The van der Waals surface area contributed by atoms with Crippen molar-refractivity contribution in [3.05, 3.63) is 35.9 Å². The SMILES string of the molecule is CCCCS(=O)(=O)N1CCN(C(C)Cc2ccccc2)CC1. The summed E-state index contributed by atoms with van der Waals surface area (Å²) in [5.74, 6) is 0.295. The lowest BCUT2D eigenvalue weighted by Crippen LogP contribution is -2.52. The Bertz CT molecular complexity index is 537. The van der Waals surface area contributed by atoms with E-state index in [1.165, 1.54) is 5.56 Å². The maximum atomic E-state index is 12.2. The van der Waals surface area contributed by atoms with E-state index in [4.69, 9.17) is 0 Å². The molecule has 1 saturated heterocycles. The van der Waals surface area contributed by atoms with Gasteiger partial charge in [0.25, 0.3) is 0 Å². The van der Waals surface area contributed by atoms with Gasteiger partial charge in [-0.15, -0.1) is 0 Å². The van der Waals surface area contributed by atoms with Gasteiger partial charge < -0.3 is 0 Å². The molecule has 0 N–H and O–H groups in total. The van der Waals surface area contributed by atoms with Crippen molar-refractivity contribution in [2.45, 2.75) is 39.2 Å². The van der Waals surface area contributed by atoms with Crippen LogP contribution in [0.1, 0.15) is 32.3 Å². The summed E-state index contributed by atoms with van der Waals surface area (Å²) in [6, 6.07) is 10.9. The summed E-state index contributed by atoms with van der Waals surface area (Å²) in [5, 5.41) is 0. The third kappa shape index (κ3) is 4.80. The van der Waals surface area contributed by atoms with Gasteiger partial charge >= 0.3 is 0 Å². The van der Waals surface area contributed by atoms with Crippen LogP contribution in [-0.4, -0.2) is 55.6 Å². The number of hydrogen-bond acceptors (Lipinski definition) is 3. The Morgan fingerprint density at radius 2 is 1.73 bits per heavy atom. The third-order valence-corrected chi connectivity index (χ3v) is 6.38. The molecule has 0 radical (unpaired) electrons. The molecule has 1 aliphatic rings. The van der Waals surface area contributed by atoms with E-state index in [-0.39, 0.29) is 0 Å². The monoisotopic (exact) mass is 324 g/mol. The highest BCUT2D eigenvalue weighted by atomic mass is 32.2. The first-order valence-corrected chi connectivity index (χ1v) is 9.89. The smallest absolute Gasteiger partial charge is 0.214 e. The number of sulfonamides is 1. The number of rotatable bonds is 7. The van der Waals surface area contributed by atoms with Crippen molar-refractivity contribution in [3.8, 4) is 0 Å². The van der Waals surface area contributed by atoms with E-state index in [9.17, 15) is 8.42 Å². The minimum Gasteiger partial charge on any atom is -0.298 e. The van der Waals surface area contributed by atoms with Crippen LogP contribution in [-0.2, 0) is 16.4 Å². The van der Waals surface area contributed by atoms with Crippen LogP contribution in [0.5, 0.6) is 0 Å². The number of unbranched alkanes of at least 4 members (excludes halogenated alkanes) is 1. The molecule has 124 valence electrons. The Morgan fingerprint density at radius 3 is 2.32 bits per heavy atom. The normalized spacial score (nSPS) is 19.2. The largest absolute Gasteiger partial charge is 0.298 e. The van der Waals surface area contributed by atoms with Crippen LogP contribution in [0, 0.1) is 0 Å². The maximum Gasteiger partial charge on any atom is 0.214 e. The first-order chi connectivity index (χ1) is 10.5. The van der Waals surface area contributed by atoms with Crippen molar-refractivity contribution < 1.29 is 8.42 Å². The quantitative estimate of drug-likeness (QED) is 0.773. The number of benzene rings is 1. The minimum absolute atomic E-state index is 0.295. The molecule has 0 amide bonds. The molecule has 1 aromatic carbocycles. The summed E-state index contributed by atoms with van der Waals surface area (Å²) >= 11 is 0. The first kappa shape index (κ1) is 17.4. The molecule has 2 rings (SSSR count). The molecule has 4 nitrogen and oxygen atoms in total. The average molecular weight is 324 g/mol. The second kappa shape index (κ2) is 8.09. The Balaban J connectivity index is 1.84. The van der Waals surface area contributed by atoms with Crippen molar-refractivity contribution in [1.29, 1.82) is 0 Å². The topological polar surface area (TPSA) is 40.6 Å². The van der Waals surface area contributed by atoms with E-state index in [0.717, 1.165) is 32.4 Å². The molecule has 1 aliphatic heterocycles. The Hall–Kier alpha value is -0.910. The van der Waals surface area contributed by atoms with Crippen LogP contribution in [0.3, 0.4) is 0 Å². The predicted molar refractivity (Wildman–Crippen MR) is 91.4 cm³/mol. The van der Waals surface area contributed by atoms with E-state index < -0.39 is 10.0 Å². The second-order valence-electron chi connectivity index (χ2n) is 6.14. The lowest BCUT2D eigenvalue weighted by Gasteiger charge is -2.37. The molecule has 1 atom stereocenters. The molecule has 0 aromatic heterocycles. The molecule has 5 heteroatoms. The van der Waals surface area contributed by atoms with Gasteiger partial charge in [-0.25, -0.2) is 8.42 Å². The maximum absolute atomic E-state index is 12.2. The van der Waals surface area contributed by atoms with E-state index in [1.54, 1.807) is 4.31 Å². The zero-order valence-electron chi connectivity index (χ0n) is 13.7. The van der Waals surface area contributed by atoms with Gasteiger partial charge in [0.2, 0.25) is 10.0 Å². The molecule has 0 saturated carbocycles. The van der Waals surface area contributed by atoms with Crippen LogP contribution < -0.4 is 0 Å². The average Bonchev–Trinajstić information content (AvgIpc) is 2.54. The van der Waals surface area contributed by atoms with Crippen LogP contribution in [0.2, 0.25) is 0 Å². The zero-order valence-corrected chi connectivity index (χ0v) is 14.6. The lowest BCUT2D eigenvalue weighted by molar-refractivity contribution is 0.145. The van der Waals surface area contributed by atoms with Crippen molar-refractivity contribution in [2.75, 3.05) is 31.9 Å². The van der Waals surface area contributed by atoms with Crippen molar-refractivity contribution in [3.63, 3.8) is 0 Å². The van der Waals surface area contributed by atoms with E-state index in [1.807, 2.05) is 13.0 Å². The summed E-state index contributed by atoms with van der Waals surface area (Å²) in [5.41, 5.74) is 1.34. The lowest BCUT2D eigenvalue weighted by atomic mass is 10.1. The van der Waals surface area contributed by atoms with Crippen molar-refractivity contribution >= 4 is 10.0 Å². The van der Waals surface area contributed by atoms with Crippen LogP contribution in [0.4, 0.5) is 0 Å². The van der Waals surface area contributed by atoms with E-state index >= 15 is 0 Å². The van der Waals surface area contributed by atoms with Gasteiger partial charge in [-0.3, -0.25) is 4.90 Å². The minimum atomic E-state index is -3.05. The highest BCUT2D eigenvalue weighted by Crippen LogP contribution is 2.14. The molecule has 1 fully saturated rings. The molecule has 1 aromatic rings. The number of hydrogen-bond donors (Lipinski definition) is 0. The van der Waals surface area contributed by atoms with Crippen LogP contribution in [0.15, 0.2) is 30.3 Å². The molecule has 0 bridgehead atoms. The van der Waals surface area contributed by atoms with Gasteiger partial charge in [-0.1, -0.05) is 43.7 Å².